The van der Waals surface area contributed by atoms with Crippen molar-refractivity contribution in [1.82, 2.24) is 9.29 Å². The van der Waals surface area contributed by atoms with Gasteiger partial charge < -0.3 is 5.32 Å². The summed E-state index contributed by atoms with van der Waals surface area (Å²) >= 11 is 1.44. The van der Waals surface area contributed by atoms with E-state index in [1.165, 1.54) is 15.6 Å². The molecule has 1 aromatic heterocycles. The number of anilines is 1. The molecule has 1 N–H and O–H groups in total. The molecule has 0 spiro atoms. The fourth-order valence-electron chi connectivity index (χ4n) is 3.00. The van der Waals surface area contributed by atoms with Gasteiger partial charge in [0.25, 0.3) is 0 Å². The van der Waals surface area contributed by atoms with E-state index in [-0.39, 0.29) is 11.8 Å². The molecule has 0 atom stereocenters. The second-order valence-corrected chi connectivity index (χ2v) is 9.86. The van der Waals surface area contributed by atoms with Crippen LogP contribution in [0.4, 0.5) is 5.13 Å². The molecule has 8 heteroatoms. The third-order valence-electron chi connectivity index (χ3n) is 4.79. The van der Waals surface area contributed by atoms with Gasteiger partial charge in [-0.15, -0.1) is 11.3 Å². The number of aromatic nitrogens is 1. The van der Waals surface area contributed by atoms with E-state index in [9.17, 15) is 13.2 Å². The average molecular weight is 394 g/mol. The Kier molecular flexibility index (Phi) is 5.45. The van der Waals surface area contributed by atoms with E-state index in [4.69, 9.17) is 0 Å². The number of hydrogen-bond acceptors (Lipinski definition) is 5. The molecule has 0 aliphatic carbocycles. The molecule has 1 aliphatic rings. The number of carbonyl (C=O) groups is 1. The lowest BCUT2D eigenvalue weighted by Crippen LogP contribution is -2.41. The Morgan fingerprint density at radius 2 is 1.88 bits per heavy atom. The van der Waals surface area contributed by atoms with Gasteiger partial charge in [-0.3, -0.25) is 4.79 Å². The van der Waals surface area contributed by atoms with Crippen molar-refractivity contribution in [1.29, 1.82) is 0 Å². The van der Waals surface area contributed by atoms with Crippen LogP contribution in [0.25, 0.3) is 0 Å². The average Bonchev–Trinajstić information content (AvgIpc) is 3.02. The number of piperidine rings is 1. The summed E-state index contributed by atoms with van der Waals surface area (Å²) in [6, 6.07) is 5.20. The van der Waals surface area contributed by atoms with Crippen molar-refractivity contribution in [3.63, 3.8) is 0 Å². The molecule has 6 nitrogen and oxygen atoms in total. The van der Waals surface area contributed by atoms with Crippen molar-refractivity contribution >= 4 is 32.4 Å². The molecular formula is C18H23N3O3S2. The molecule has 3 rings (SSSR count). The van der Waals surface area contributed by atoms with Crippen molar-refractivity contribution in [3.8, 4) is 0 Å². The first kappa shape index (κ1) is 19.0. The Hall–Kier alpha value is -1.77. The largest absolute Gasteiger partial charge is 0.302 e. The van der Waals surface area contributed by atoms with Crippen molar-refractivity contribution < 1.29 is 13.2 Å². The first-order chi connectivity index (χ1) is 12.3. The number of thiazole rings is 1. The van der Waals surface area contributed by atoms with Gasteiger partial charge in [-0.25, -0.2) is 13.4 Å². The fourth-order valence-corrected chi connectivity index (χ4v) is 5.22. The monoisotopic (exact) mass is 393 g/mol. The van der Waals surface area contributed by atoms with Gasteiger partial charge in [-0.2, -0.15) is 4.31 Å². The SMILES string of the molecule is Cc1cnc(NC(=O)C2CCN(S(=O)(=O)c3ccc(C)c(C)c3)CC2)s1. The lowest BCUT2D eigenvalue weighted by molar-refractivity contribution is -0.120. The van der Waals surface area contributed by atoms with Crippen LogP contribution in [0.3, 0.4) is 0 Å². The molecule has 0 radical (unpaired) electrons. The van der Waals surface area contributed by atoms with E-state index in [1.807, 2.05) is 26.8 Å². The molecule has 2 heterocycles. The van der Waals surface area contributed by atoms with Gasteiger partial charge in [0, 0.05) is 30.1 Å². The highest BCUT2D eigenvalue weighted by Crippen LogP contribution is 2.26. The Morgan fingerprint density at radius 3 is 2.46 bits per heavy atom. The van der Waals surface area contributed by atoms with Crippen LogP contribution in [0.2, 0.25) is 0 Å². The van der Waals surface area contributed by atoms with Crippen molar-refractivity contribution in [3.05, 3.63) is 40.4 Å². The second-order valence-electron chi connectivity index (χ2n) is 6.69. The lowest BCUT2D eigenvalue weighted by atomic mass is 9.97. The number of hydrogen-bond donors (Lipinski definition) is 1. The van der Waals surface area contributed by atoms with Crippen molar-refractivity contribution in [2.45, 2.75) is 38.5 Å². The predicted octanol–water partition coefficient (Wildman–Crippen LogP) is 3.11. The number of aryl methyl sites for hydroxylation is 3. The summed E-state index contributed by atoms with van der Waals surface area (Å²) in [5.74, 6) is -0.270. The van der Waals surface area contributed by atoms with Crippen molar-refractivity contribution in [2.75, 3.05) is 18.4 Å². The third-order valence-corrected chi connectivity index (χ3v) is 7.52. The minimum atomic E-state index is -3.51. The minimum absolute atomic E-state index is 0.0809. The number of rotatable bonds is 4. The first-order valence-electron chi connectivity index (χ1n) is 8.58. The number of amides is 1. The summed E-state index contributed by atoms with van der Waals surface area (Å²) in [6.07, 6.45) is 2.75. The maximum Gasteiger partial charge on any atom is 0.243 e. The molecule has 26 heavy (non-hydrogen) atoms. The van der Waals surface area contributed by atoms with Gasteiger partial charge in [-0.1, -0.05) is 6.07 Å². The van der Waals surface area contributed by atoms with E-state index in [1.54, 1.807) is 18.3 Å². The van der Waals surface area contributed by atoms with Gasteiger partial charge >= 0.3 is 0 Å². The molecule has 0 saturated carbocycles. The van der Waals surface area contributed by atoms with E-state index >= 15 is 0 Å². The van der Waals surface area contributed by atoms with Crippen LogP contribution in [0, 0.1) is 26.7 Å². The number of nitrogens with zero attached hydrogens (tertiary/aromatic N) is 2. The van der Waals surface area contributed by atoms with Crippen LogP contribution in [-0.4, -0.2) is 36.7 Å². The maximum absolute atomic E-state index is 12.8. The fraction of sp³-hybridized carbons (Fsp3) is 0.444. The van der Waals surface area contributed by atoms with E-state index in [0.717, 1.165) is 16.0 Å². The number of benzene rings is 1. The summed E-state index contributed by atoms with van der Waals surface area (Å²) < 4.78 is 27.2. The van der Waals surface area contributed by atoms with E-state index in [0.29, 0.717) is 36.0 Å². The van der Waals surface area contributed by atoms with Crippen LogP contribution in [-0.2, 0) is 14.8 Å². The summed E-state index contributed by atoms with van der Waals surface area (Å²) in [5.41, 5.74) is 2.02. The smallest absolute Gasteiger partial charge is 0.243 e. The molecular weight excluding hydrogens is 370 g/mol. The number of nitrogens with one attached hydrogen (secondary N) is 1. The van der Waals surface area contributed by atoms with Gasteiger partial charge in [0.1, 0.15) is 0 Å². The van der Waals surface area contributed by atoms with Crippen LogP contribution in [0.1, 0.15) is 28.8 Å². The highest BCUT2D eigenvalue weighted by atomic mass is 32.2. The van der Waals surface area contributed by atoms with Crippen LogP contribution in [0.5, 0.6) is 0 Å². The molecule has 1 fully saturated rings. The zero-order valence-corrected chi connectivity index (χ0v) is 16.8. The van der Waals surface area contributed by atoms with Crippen LogP contribution < -0.4 is 5.32 Å². The van der Waals surface area contributed by atoms with Gasteiger partial charge in [-0.05, 0) is 56.9 Å². The number of carbonyl (C=O) groups excluding carboxylic acids is 1. The lowest BCUT2D eigenvalue weighted by Gasteiger charge is -2.30. The Bertz CT molecular complexity index is 914. The molecule has 0 unspecified atom stereocenters. The third kappa shape index (κ3) is 3.97. The van der Waals surface area contributed by atoms with E-state index in [2.05, 4.69) is 10.3 Å². The Labute approximate surface area is 158 Å². The maximum atomic E-state index is 12.8. The highest BCUT2D eigenvalue weighted by Gasteiger charge is 2.32. The summed E-state index contributed by atoms with van der Waals surface area (Å²) in [7, 11) is -3.51. The van der Waals surface area contributed by atoms with Gasteiger partial charge in [0.05, 0.1) is 4.90 Å². The molecule has 1 saturated heterocycles. The standard InChI is InChI=1S/C18H23N3O3S2/c1-12-4-5-16(10-13(12)2)26(23,24)21-8-6-15(7-9-21)17(22)20-18-19-11-14(3)25-18/h4-5,10-11,15H,6-9H2,1-3H3,(H,19,20,22). The number of sulfonamides is 1. The zero-order chi connectivity index (χ0) is 18.9. The zero-order valence-electron chi connectivity index (χ0n) is 15.2. The Balaban J connectivity index is 1.63. The molecule has 0 bridgehead atoms. The topological polar surface area (TPSA) is 79.4 Å². The van der Waals surface area contributed by atoms with Gasteiger partial charge in [0.2, 0.25) is 15.9 Å². The summed E-state index contributed by atoms with van der Waals surface area (Å²) in [6.45, 7) is 6.50. The van der Waals surface area contributed by atoms with Crippen LogP contribution >= 0.6 is 11.3 Å². The first-order valence-corrected chi connectivity index (χ1v) is 10.8. The molecule has 1 aliphatic heterocycles. The van der Waals surface area contributed by atoms with Crippen LogP contribution in [0.15, 0.2) is 29.3 Å². The predicted molar refractivity (Wildman–Crippen MR) is 103 cm³/mol. The molecule has 2 aromatic rings. The van der Waals surface area contributed by atoms with Crippen molar-refractivity contribution in [2.24, 2.45) is 5.92 Å². The van der Waals surface area contributed by atoms with Gasteiger partial charge in [0.15, 0.2) is 5.13 Å². The molecule has 1 aromatic carbocycles. The quantitative estimate of drug-likeness (QED) is 0.866. The second kappa shape index (κ2) is 7.46. The normalized spacial score (nSPS) is 16.6. The molecule has 140 valence electrons. The van der Waals surface area contributed by atoms with E-state index < -0.39 is 10.0 Å². The highest BCUT2D eigenvalue weighted by molar-refractivity contribution is 7.89. The minimum Gasteiger partial charge on any atom is -0.302 e. The Morgan fingerprint density at radius 1 is 1.19 bits per heavy atom. The summed E-state index contributed by atoms with van der Waals surface area (Å²) in [5, 5.41) is 3.43. The molecule has 1 amide bonds. The summed E-state index contributed by atoms with van der Waals surface area (Å²) in [4.78, 5) is 17.9.